The average Bonchev–Trinajstić information content (AvgIpc) is 2.49. The summed E-state index contributed by atoms with van der Waals surface area (Å²) in [6.07, 6.45) is 0. The van der Waals surface area contributed by atoms with Crippen molar-refractivity contribution in [1.82, 2.24) is 4.90 Å². The molecule has 1 N–H and O–H groups in total. The number of benzene rings is 2. The Morgan fingerprint density at radius 3 is 2.40 bits per heavy atom. The molecule has 2 aromatic rings. The molecule has 3 heteroatoms. The van der Waals surface area contributed by atoms with Crippen LogP contribution in [0.4, 0.5) is 0 Å². The third-order valence-corrected chi connectivity index (χ3v) is 3.62. The summed E-state index contributed by atoms with van der Waals surface area (Å²) >= 11 is 0. The predicted molar refractivity (Wildman–Crippen MR) is 79.6 cm³/mol. The van der Waals surface area contributed by atoms with Gasteiger partial charge in [0.15, 0.2) is 0 Å². The molecule has 1 aliphatic heterocycles. The van der Waals surface area contributed by atoms with Crippen molar-refractivity contribution in [2.24, 2.45) is 0 Å². The standard InChI is InChI=1S/C17H19NO2/c19-17-6-2-5-16(12-17)15-4-1-3-14(11-15)13-18-7-9-20-10-8-18/h1-6,11-12,19H,7-10,13H2. The first-order valence-corrected chi connectivity index (χ1v) is 7.00. The minimum Gasteiger partial charge on any atom is -0.508 e. The van der Waals surface area contributed by atoms with Gasteiger partial charge in [0.1, 0.15) is 5.75 Å². The van der Waals surface area contributed by atoms with Gasteiger partial charge in [-0.1, -0.05) is 30.3 Å². The first-order valence-electron chi connectivity index (χ1n) is 7.00. The molecule has 1 aliphatic rings. The first-order chi connectivity index (χ1) is 9.81. The predicted octanol–water partition coefficient (Wildman–Crippen LogP) is 2.89. The minimum atomic E-state index is 0.307. The lowest BCUT2D eigenvalue weighted by Crippen LogP contribution is -2.35. The molecule has 0 aromatic heterocycles. The molecule has 0 atom stereocenters. The minimum absolute atomic E-state index is 0.307. The normalized spacial score (nSPS) is 16.2. The summed E-state index contributed by atoms with van der Waals surface area (Å²) < 4.78 is 5.37. The van der Waals surface area contributed by atoms with Gasteiger partial charge in [-0.25, -0.2) is 0 Å². The summed E-state index contributed by atoms with van der Waals surface area (Å²) in [5.41, 5.74) is 3.49. The summed E-state index contributed by atoms with van der Waals surface area (Å²) in [6, 6.07) is 15.9. The fraction of sp³-hybridized carbons (Fsp3) is 0.294. The summed E-state index contributed by atoms with van der Waals surface area (Å²) in [5, 5.41) is 9.58. The molecule has 1 heterocycles. The van der Waals surface area contributed by atoms with Gasteiger partial charge in [0.05, 0.1) is 13.2 Å². The highest BCUT2D eigenvalue weighted by Gasteiger charge is 2.11. The lowest BCUT2D eigenvalue weighted by molar-refractivity contribution is 0.0342. The average molecular weight is 269 g/mol. The van der Waals surface area contributed by atoms with E-state index >= 15 is 0 Å². The number of ether oxygens (including phenoxy) is 1. The molecule has 0 bridgehead atoms. The summed E-state index contributed by atoms with van der Waals surface area (Å²) in [4.78, 5) is 2.41. The van der Waals surface area contributed by atoms with Crippen molar-refractivity contribution < 1.29 is 9.84 Å². The van der Waals surface area contributed by atoms with Crippen molar-refractivity contribution in [2.45, 2.75) is 6.54 Å². The van der Waals surface area contributed by atoms with E-state index in [-0.39, 0.29) is 0 Å². The Morgan fingerprint density at radius 2 is 1.65 bits per heavy atom. The van der Waals surface area contributed by atoms with Gasteiger partial charge in [-0.15, -0.1) is 0 Å². The van der Waals surface area contributed by atoms with Crippen LogP contribution in [0.3, 0.4) is 0 Å². The van der Waals surface area contributed by atoms with E-state index in [2.05, 4.69) is 29.2 Å². The molecule has 0 amide bonds. The second-order valence-corrected chi connectivity index (χ2v) is 5.14. The maximum Gasteiger partial charge on any atom is 0.116 e. The van der Waals surface area contributed by atoms with Gasteiger partial charge >= 0.3 is 0 Å². The highest BCUT2D eigenvalue weighted by Crippen LogP contribution is 2.24. The van der Waals surface area contributed by atoms with Crippen LogP contribution in [-0.2, 0) is 11.3 Å². The topological polar surface area (TPSA) is 32.7 Å². The fourth-order valence-corrected chi connectivity index (χ4v) is 2.55. The Bertz CT molecular complexity index is 577. The largest absolute Gasteiger partial charge is 0.508 e. The van der Waals surface area contributed by atoms with E-state index in [9.17, 15) is 5.11 Å². The van der Waals surface area contributed by atoms with Gasteiger partial charge in [0.2, 0.25) is 0 Å². The van der Waals surface area contributed by atoms with E-state index in [1.54, 1.807) is 12.1 Å². The molecule has 0 radical (unpaired) electrons. The van der Waals surface area contributed by atoms with Gasteiger partial charge < -0.3 is 9.84 Å². The Morgan fingerprint density at radius 1 is 0.950 bits per heavy atom. The van der Waals surface area contributed by atoms with Crippen LogP contribution in [0.1, 0.15) is 5.56 Å². The quantitative estimate of drug-likeness (QED) is 0.930. The molecule has 0 spiro atoms. The number of morpholine rings is 1. The monoisotopic (exact) mass is 269 g/mol. The maximum atomic E-state index is 9.58. The zero-order chi connectivity index (χ0) is 13.8. The van der Waals surface area contributed by atoms with Crippen molar-refractivity contribution in [3.05, 3.63) is 54.1 Å². The van der Waals surface area contributed by atoms with Gasteiger partial charge in [0.25, 0.3) is 0 Å². The Hall–Kier alpha value is -1.84. The Kier molecular flexibility index (Phi) is 4.00. The zero-order valence-electron chi connectivity index (χ0n) is 11.5. The molecule has 0 saturated carbocycles. The fourth-order valence-electron chi connectivity index (χ4n) is 2.55. The third kappa shape index (κ3) is 3.18. The molecule has 1 fully saturated rings. The van der Waals surface area contributed by atoms with E-state index in [1.165, 1.54) is 5.56 Å². The molecule has 0 unspecified atom stereocenters. The van der Waals surface area contributed by atoms with Crippen LogP contribution in [0.25, 0.3) is 11.1 Å². The van der Waals surface area contributed by atoms with Crippen LogP contribution in [0.15, 0.2) is 48.5 Å². The van der Waals surface area contributed by atoms with E-state index in [0.29, 0.717) is 5.75 Å². The van der Waals surface area contributed by atoms with Crippen LogP contribution in [0.2, 0.25) is 0 Å². The van der Waals surface area contributed by atoms with Gasteiger partial charge in [-0.05, 0) is 34.9 Å². The van der Waals surface area contributed by atoms with Crippen LogP contribution in [-0.4, -0.2) is 36.3 Å². The maximum absolute atomic E-state index is 9.58. The molecular weight excluding hydrogens is 250 g/mol. The Balaban J connectivity index is 1.78. The molecule has 3 rings (SSSR count). The zero-order valence-corrected chi connectivity index (χ0v) is 11.5. The van der Waals surface area contributed by atoms with Crippen molar-refractivity contribution >= 4 is 0 Å². The van der Waals surface area contributed by atoms with Crippen molar-refractivity contribution in [2.75, 3.05) is 26.3 Å². The van der Waals surface area contributed by atoms with Crippen molar-refractivity contribution in [3.63, 3.8) is 0 Å². The van der Waals surface area contributed by atoms with Gasteiger partial charge in [0, 0.05) is 19.6 Å². The van der Waals surface area contributed by atoms with E-state index in [4.69, 9.17) is 4.74 Å². The SMILES string of the molecule is Oc1cccc(-c2cccc(CN3CCOCC3)c2)c1. The lowest BCUT2D eigenvalue weighted by Gasteiger charge is -2.26. The van der Waals surface area contributed by atoms with Gasteiger partial charge in [-0.2, -0.15) is 0 Å². The van der Waals surface area contributed by atoms with Crippen LogP contribution < -0.4 is 0 Å². The second-order valence-electron chi connectivity index (χ2n) is 5.14. The molecule has 104 valence electrons. The molecule has 3 nitrogen and oxygen atoms in total. The number of phenols is 1. The van der Waals surface area contributed by atoms with E-state index < -0.39 is 0 Å². The molecule has 2 aromatic carbocycles. The molecule has 20 heavy (non-hydrogen) atoms. The summed E-state index contributed by atoms with van der Waals surface area (Å²) in [7, 11) is 0. The molecular formula is C17H19NO2. The highest BCUT2D eigenvalue weighted by molar-refractivity contribution is 5.65. The van der Waals surface area contributed by atoms with Crippen molar-refractivity contribution in [1.29, 1.82) is 0 Å². The van der Waals surface area contributed by atoms with Crippen LogP contribution in [0, 0.1) is 0 Å². The highest BCUT2D eigenvalue weighted by atomic mass is 16.5. The number of hydrogen-bond donors (Lipinski definition) is 1. The summed E-state index contributed by atoms with van der Waals surface area (Å²) in [5.74, 6) is 0.307. The lowest BCUT2D eigenvalue weighted by atomic mass is 10.0. The van der Waals surface area contributed by atoms with E-state index in [0.717, 1.165) is 44.0 Å². The number of aromatic hydroxyl groups is 1. The van der Waals surface area contributed by atoms with E-state index in [1.807, 2.05) is 12.1 Å². The number of hydrogen-bond acceptors (Lipinski definition) is 3. The molecule has 0 aliphatic carbocycles. The number of nitrogens with zero attached hydrogens (tertiary/aromatic N) is 1. The van der Waals surface area contributed by atoms with Gasteiger partial charge in [-0.3, -0.25) is 4.90 Å². The number of phenolic OH excluding ortho intramolecular Hbond substituents is 1. The van der Waals surface area contributed by atoms with Crippen LogP contribution >= 0.6 is 0 Å². The number of rotatable bonds is 3. The van der Waals surface area contributed by atoms with Crippen molar-refractivity contribution in [3.8, 4) is 16.9 Å². The first kappa shape index (κ1) is 13.2. The molecule has 1 saturated heterocycles. The van der Waals surface area contributed by atoms with Crippen LogP contribution in [0.5, 0.6) is 5.75 Å². The second kappa shape index (κ2) is 6.07. The third-order valence-electron chi connectivity index (χ3n) is 3.62. The Labute approximate surface area is 119 Å². The summed E-state index contributed by atoms with van der Waals surface area (Å²) in [6.45, 7) is 4.60. The smallest absolute Gasteiger partial charge is 0.116 e.